The standard InChI is InChI=1S/C20H30O6S2/c1-21-4-6-23-8-10-25-14-17-13-19(28-16-17)20-18(3-12-27-20)15-26-11-9-24-7-5-22-2/h3,12-13,16H,4-11,14-15H2,1-2H3. The molecule has 6 nitrogen and oxygen atoms in total. The summed E-state index contributed by atoms with van der Waals surface area (Å²) in [6.07, 6.45) is 0. The molecule has 0 saturated carbocycles. The van der Waals surface area contributed by atoms with Crippen molar-refractivity contribution in [1.82, 2.24) is 0 Å². The number of thiophene rings is 2. The quantitative estimate of drug-likeness (QED) is 0.356. The van der Waals surface area contributed by atoms with Crippen LogP contribution in [0.4, 0.5) is 0 Å². The Morgan fingerprint density at radius 2 is 1.32 bits per heavy atom. The third-order valence-electron chi connectivity index (χ3n) is 3.76. The minimum absolute atomic E-state index is 0.578. The second-order valence-corrected chi connectivity index (χ2v) is 7.74. The van der Waals surface area contributed by atoms with E-state index in [1.807, 2.05) is 0 Å². The van der Waals surface area contributed by atoms with Crippen molar-refractivity contribution in [3.63, 3.8) is 0 Å². The first-order valence-electron chi connectivity index (χ1n) is 9.28. The van der Waals surface area contributed by atoms with E-state index in [0.717, 1.165) is 0 Å². The van der Waals surface area contributed by atoms with Gasteiger partial charge in [0.2, 0.25) is 0 Å². The van der Waals surface area contributed by atoms with Crippen molar-refractivity contribution in [2.75, 3.05) is 67.1 Å². The highest BCUT2D eigenvalue weighted by molar-refractivity contribution is 7.20. The molecule has 0 saturated heterocycles. The van der Waals surface area contributed by atoms with Crippen LogP contribution in [0.2, 0.25) is 0 Å². The molecule has 2 heterocycles. The van der Waals surface area contributed by atoms with Crippen molar-refractivity contribution in [2.24, 2.45) is 0 Å². The van der Waals surface area contributed by atoms with Crippen molar-refractivity contribution in [3.8, 4) is 9.75 Å². The van der Waals surface area contributed by atoms with E-state index in [0.29, 0.717) is 66.1 Å². The summed E-state index contributed by atoms with van der Waals surface area (Å²) in [6, 6.07) is 4.32. The summed E-state index contributed by atoms with van der Waals surface area (Å²) in [7, 11) is 3.33. The molecule has 0 aliphatic heterocycles. The zero-order chi connectivity index (χ0) is 19.9. The van der Waals surface area contributed by atoms with E-state index in [9.17, 15) is 0 Å². The summed E-state index contributed by atoms with van der Waals surface area (Å²) < 4.78 is 32.1. The van der Waals surface area contributed by atoms with Crippen molar-refractivity contribution >= 4 is 22.7 Å². The monoisotopic (exact) mass is 430 g/mol. The first kappa shape index (κ1) is 23.4. The second kappa shape index (κ2) is 15.1. The summed E-state index contributed by atoms with van der Waals surface area (Å²) in [6.45, 7) is 5.94. The minimum Gasteiger partial charge on any atom is -0.382 e. The highest BCUT2D eigenvalue weighted by atomic mass is 32.1. The fourth-order valence-corrected chi connectivity index (χ4v) is 4.31. The summed E-state index contributed by atoms with van der Waals surface area (Å²) in [5, 5.41) is 4.26. The smallest absolute Gasteiger partial charge is 0.0732 e. The van der Waals surface area contributed by atoms with E-state index in [-0.39, 0.29) is 0 Å². The van der Waals surface area contributed by atoms with Gasteiger partial charge in [-0.15, -0.1) is 22.7 Å². The molecule has 0 spiro atoms. The Hall–Kier alpha value is -0.840. The molecule has 2 aromatic heterocycles. The lowest BCUT2D eigenvalue weighted by molar-refractivity contribution is 0.0200. The maximum atomic E-state index is 5.74. The van der Waals surface area contributed by atoms with Gasteiger partial charge in [-0.2, -0.15) is 0 Å². The molecule has 2 aromatic rings. The predicted octanol–water partition coefficient (Wildman–Crippen LogP) is 3.84. The number of ether oxygens (including phenoxy) is 6. The number of hydrogen-bond donors (Lipinski definition) is 0. The van der Waals surface area contributed by atoms with Crippen LogP contribution in [0.1, 0.15) is 11.1 Å². The van der Waals surface area contributed by atoms with Gasteiger partial charge in [-0.05, 0) is 34.0 Å². The molecule has 0 N–H and O–H groups in total. The number of rotatable bonds is 17. The van der Waals surface area contributed by atoms with Crippen LogP contribution in [-0.2, 0) is 41.6 Å². The van der Waals surface area contributed by atoms with Crippen LogP contribution in [0.25, 0.3) is 9.75 Å². The van der Waals surface area contributed by atoms with E-state index < -0.39 is 0 Å². The van der Waals surface area contributed by atoms with Gasteiger partial charge in [-0.1, -0.05) is 0 Å². The number of hydrogen-bond acceptors (Lipinski definition) is 8. The summed E-state index contributed by atoms with van der Waals surface area (Å²) in [5.74, 6) is 0. The van der Waals surface area contributed by atoms with E-state index in [1.165, 1.54) is 20.9 Å². The third kappa shape index (κ3) is 9.11. The highest BCUT2D eigenvalue weighted by Crippen LogP contribution is 2.35. The van der Waals surface area contributed by atoms with Gasteiger partial charge in [0.25, 0.3) is 0 Å². The summed E-state index contributed by atoms with van der Waals surface area (Å²) >= 11 is 3.48. The Balaban J connectivity index is 1.68. The predicted molar refractivity (Wildman–Crippen MR) is 112 cm³/mol. The summed E-state index contributed by atoms with van der Waals surface area (Å²) in [4.78, 5) is 2.51. The van der Waals surface area contributed by atoms with Gasteiger partial charge >= 0.3 is 0 Å². The first-order chi connectivity index (χ1) is 13.8. The van der Waals surface area contributed by atoms with E-state index in [1.54, 1.807) is 36.9 Å². The van der Waals surface area contributed by atoms with Crippen molar-refractivity contribution in [1.29, 1.82) is 0 Å². The largest absolute Gasteiger partial charge is 0.382 e. The molecule has 0 unspecified atom stereocenters. The average Bonchev–Trinajstić information content (AvgIpc) is 3.35. The maximum absolute atomic E-state index is 5.74. The number of methoxy groups -OCH3 is 2. The van der Waals surface area contributed by atoms with Crippen LogP contribution in [0.15, 0.2) is 22.9 Å². The Morgan fingerprint density at radius 1 is 0.714 bits per heavy atom. The highest BCUT2D eigenvalue weighted by Gasteiger charge is 2.10. The summed E-state index contributed by atoms with van der Waals surface area (Å²) in [5.41, 5.74) is 2.39. The van der Waals surface area contributed by atoms with E-state index in [2.05, 4.69) is 22.9 Å². The zero-order valence-corrected chi connectivity index (χ0v) is 18.3. The van der Waals surface area contributed by atoms with Crippen LogP contribution in [0.3, 0.4) is 0 Å². The fourth-order valence-electron chi connectivity index (χ4n) is 2.33. The van der Waals surface area contributed by atoms with E-state index in [4.69, 9.17) is 28.4 Å². The molecule has 0 aliphatic carbocycles. The van der Waals surface area contributed by atoms with Crippen molar-refractivity contribution < 1.29 is 28.4 Å². The molecular weight excluding hydrogens is 400 g/mol. The molecule has 0 aromatic carbocycles. The SMILES string of the molecule is COCCOCCOCc1csc(-c2sccc2COCCOCCOC)c1. The van der Waals surface area contributed by atoms with Crippen molar-refractivity contribution in [3.05, 3.63) is 34.0 Å². The molecule has 2 rings (SSSR count). The van der Waals surface area contributed by atoms with Crippen LogP contribution in [0.5, 0.6) is 0 Å². The van der Waals surface area contributed by atoms with Gasteiger partial charge in [0.15, 0.2) is 0 Å². The molecule has 0 atom stereocenters. The topological polar surface area (TPSA) is 55.4 Å². The molecule has 158 valence electrons. The van der Waals surface area contributed by atoms with Gasteiger partial charge in [0.05, 0.1) is 66.1 Å². The van der Waals surface area contributed by atoms with Crippen LogP contribution < -0.4 is 0 Å². The van der Waals surface area contributed by atoms with Crippen LogP contribution in [-0.4, -0.2) is 67.1 Å². The van der Waals surface area contributed by atoms with Crippen LogP contribution >= 0.6 is 22.7 Å². The lowest BCUT2D eigenvalue weighted by Crippen LogP contribution is -2.08. The molecule has 0 fully saturated rings. The molecule has 8 heteroatoms. The Kier molecular flexibility index (Phi) is 12.6. The molecule has 0 amide bonds. The van der Waals surface area contributed by atoms with Crippen LogP contribution in [0, 0.1) is 0 Å². The van der Waals surface area contributed by atoms with Gasteiger partial charge in [-0.3, -0.25) is 0 Å². The molecular formula is C20H30O6S2. The normalized spacial score (nSPS) is 11.4. The lowest BCUT2D eigenvalue weighted by atomic mass is 10.2. The molecule has 0 bridgehead atoms. The molecule has 0 radical (unpaired) electrons. The maximum Gasteiger partial charge on any atom is 0.0732 e. The fraction of sp³-hybridized carbons (Fsp3) is 0.600. The van der Waals surface area contributed by atoms with Crippen molar-refractivity contribution in [2.45, 2.75) is 13.2 Å². The van der Waals surface area contributed by atoms with Gasteiger partial charge in [-0.25, -0.2) is 0 Å². The van der Waals surface area contributed by atoms with E-state index >= 15 is 0 Å². The average molecular weight is 431 g/mol. The Labute approximate surface area is 175 Å². The van der Waals surface area contributed by atoms with Gasteiger partial charge in [0.1, 0.15) is 0 Å². The molecule has 28 heavy (non-hydrogen) atoms. The molecule has 0 aliphatic rings. The van der Waals surface area contributed by atoms with Gasteiger partial charge in [0, 0.05) is 24.0 Å². The third-order valence-corrected chi connectivity index (χ3v) is 5.87. The van der Waals surface area contributed by atoms with Gasteiger partial charge < -0.3 is 28.4 Å². The second-order valence-electron chi connectivity index (χ2n) is 5.91. The zero-order valence-electron chi connectivity index (χ0n) is 16.6. The Morgan fingerprint density at radius 3 is 2.00 bits per heavy atom. The Bertz CT molecular complexity index is 628. The minimum atomic E-state index is 0.578. The lowest BCUT2D eigenvalue weighted by Gasteiger charge is -2.06. The first-order valence-corrected chi connectivity index (χ1v) is 11.0.